The predicted molar refractivity (Wildman–Crippen MR) is 103 cm³/mol. The molecule has 2 aromatic rings. The molecule has 0 aliphatic carbocycles. The summed E-state index contributed by atoms with van der Waals surface area (Å²) >= 11 is 1.81. The Morgan fingerprint density at radius 1 is 1.22 bits per heavy atom. The maximum atomic E-state index is 4.81. The van der Waals surface area contributed by atoms with Crippen LogP contribution in [-0.4, -0.2) is 35.6 Å². The van der Waals surface area contributed by atoms with E-state index in [0.717, 1.165) is 39.0 Å². The molecule has 1 N–H and O–H groups in total. The van der Waals surface area contributed by atoms with E-state index in [-0.39, 0.29) is 24.8 Å². The van der Waals surface area contributed by atoms with Crippen LogP contribution in [0.1, 0.15) is 23.2 Å². The lowest BCUT2D eigenvalue weighted by molar-refractivity contribution is 0.164. The predicted octanol–water partition coefficient (Wildman–Crippen LogP) is 3.57. The van der Waals surface area contributed by atoms with Crippen molar-refractivity contribution in [3.05, 3.63) is 52.0 Å². The van der Waals surface area contributed by atoms with Gasteiger partial charge in [-0.05, 0) is 18.9 Å². The van der Waals surface area contributed by atoms with Gasteiger partial charge in [0, 0.05) is 44.0 Å². The number of piperazine rings is 1. The molecule has 1 aliphatic heterocycles. The van der Waals surface area contributed by atoms with E-state index >= 15 is 0 Å². The van der Waals surface area contributed by atoms with Crippen LogP contribution in [0, 0.1) is 0 Å². The van der Waals surface area contributed by atoms with E-state index in [1.165, 1.54) is 16.3 Å². The first kappa shape index (κ1) is 20.4. The molecule has 1 fully saturated rings. The van der Waals surface area contributed by atoms with Gasteiger partial charge in [-0.25, -0.2) is 4.98 Å². The Bertz CT molecular complexity index is 562. The van der Waals surface area contributed by atoms with Gasteiger partial charge in [-0.1, -0.05) is 30.3 Å². The lowest BCUT2D eigenvalue weighted by Crippen LogP contribution is -2.49. The van der Waals surface area contributed by atoms with Gasteiger partial charge in [0.05, 0.1) is 10.7 Å². The Morgan fingerprint density at radius 3 is 2.74 bits per heavy atom. The van der Waals surface area contributed by atoms with Gasteiger partial charge in [0.15, 0.2) is 0 Å². The third kappa shape index (κ3) is 6.05. The number of rotatable bonds is 5. The smallest absolute Gasteiger partial charge is 0.0932 e. The number of aryl methyl sites for hydroxylation is 2. The second kappa shape index (κ2) is 10.3. The van der Waals surface area contributed by atoms with Crippen LogP contribution in [0.4, 0.5) is 0 Å². The first-order chi connectivity index (χ1) is 10.3. The molecule has 128 valence electrons. The van der Waals surface area contributed by atoms with Gasteiger partial charge >= 0.3 is 0 Å². The van der Waals surface area contributed by atoms with Crippen molar-refractivity contribution in [2.24, 2.45) is 0 Å². The van der Waals surface area contributed by atoms with Gasteiger partial charge in [-0.2, -0.15) is 0 Å². The Hall–Kier alpha value is -0.650. The second-order valence-corrected chi connectivity index (χ2v) is 6.68. The van der Waals surface area contributed by atoms with Crippen LogP contribution in [0.2, 0.25) is 0 Å². The summed E-state index contributed by atoms with van der Waals surface area (Å²) in [6, 6.07) is 11.3. The van der Waals surface area contributed by atoms with E-state index in [2.05, 4.69) is 52.9 Å². The van der Waals surface area contributed by atoms with E-state index in [1.807, 2.05) is 0 Å². The summed E-state index contributed by atoms with van der Waals surface area (Å²) in [6.45, 7) is 6.58. The molecule has 1 aromatic heterocycles. The Kier molecular flexibility index (Phi) is 9.10. The minimum absolute atomic E-state index is 0. The first-order valence-corrected chi connectivity index (χ1v) is 8.61. The number of hydrogen-bond donors (Lipinski definition) is 1. The highest BCUT2D eigenvalue weighted by Gasteiger charge is 2.18. The average Bonchev–Trinajstić information content (AvgIpc) is 2.96. The van der Waals surface area contributed by atoms with Gasteiger partial charge in [0.2, 0.25) is 0 Å². The molecule has 0 radical (unpaired) electrons. The number of benzene rings is 1. The molecule has 3 rings (SSSR count). The minimum Gasteiger partial charge on any atom is -0.314 e. The molecule has 1 aliphatic rings. The molecule has 1 saturated heterocycles. The number of aromatic nitrogens is 1. The summed E-state index contributed by atoms with van der Waals surface area (Å²) in [5.74, 6) is 0. The average molecular weight is 374 g/mol. The summed E-state index contributed by atoms with van der Waals surface area (Å²) < 4.78 is 0. The fraction of sp³-hybridized carbons (Fsp3) is 0.471. The van der Waals surface area contributed by atoms with Crippen LogP contribution < -0.4 is 5.32 Å². The second-order valence-electron chi connectivity index (χ2n) is 5.74. The zero-order valence-electron chi connectivity index (χ0n) is 13.4. The van der Waals surface area contributed by atoms with Gasteiger partial charge in [-0.3, -0.25) is 4.90 Å². The highest BCUT2D eigenvalue weighted by Crippen LogP contribution is 2.16. The Labute approximate surface area is 155 Å². The lowest BCUT2D eigenvalue weighted by atomic mass is 10.1. The normalized spacial score (nSPS) is 18.0. The van der Waals surface area contributed by atoms with E-state index < -0.39 is 0 Å². The van der Waals surface area contributed by atoms with Crippen LogP contribution in [0.15, 0.2) is 35.7 Å². The van der Waals surface area contributed by atoms with Crippen LogP contribution in [0.25, 0.3) is 0 Å². The van der Waals surface area contributed by atoms with Crippen molar-refractivity contribution in [2.45, 2.75) is 32.4 Å². The topological polar surface area (TPSA) is 28.2 Å². The number of halogens is 2. The summed E-state index contributed by atoms with van der Waals surface area (Å²) in [6.07, 6.45) is 2.13. The number of nitrogens with one attached hydrogen (secondary N) is 1. The van der Waals surface area contributed by atoms with Gasteiger partial charge in [-0.15, -0.1) is 36.2 Å². The molecule has 0 spiro atoms. The Morgan fingerprint density at radius 2 is 2.00 bits per heavy atom. The lowest BCUT2D eigenvalue weighted by Gasteiger charge is -2.33. The SMILES string of the molecule is C[C@@H]1CNCCN1Cc1csc(CCc2ccccc2)n1.Cl.Cl. The fourth-order valence-electron chi connectivity index (χ4n) is 2.76. The molecule has 0 amide bonds. The highest BCUT2D eigenvalue weighted by atomic mass is 35.5. The first-order valence-electron chi connectivity index (χ1n) is 7.73. The highest BCUT2D eigenvalue weighted by molar-refractivity contribution is 7.09. The summed E-state index contributed by atoms with van der Waals surface area (Å²) in [5, 5.41) is 6.93. The molecular formula is C17H25Cl2N3S. The Balaban J connectivity index is 0.00000132. The third-order valence-electron chi connectivity index (χ3n) is 4.07. The fourth-order valence-corrected chi connectivity index (χ4v) is 3.55. The van der Waals surface area contributed by atoms with E-state index in [9.17, 15) is 0 Å². The van der Waals surface area contributed by atoms with E-state index in [0.29, 0.717) is 6.04 Å². The monoisotopic (exact) mass is 373 g/mol. The molecule has 23 heavy (non-hydrogen) atoms. The van der Waals surface area contributed by atoms with Gasteiger partial charge in [0.1, 0.15) is 0 Å². The van der Waals surface area contributed by atoms with E-state index in [4.69, 9.17) is 4.98 Å². The molecule has 6 heteroatoms. The van der Waals surface area contributed by atoms with Crippen molar-refractivity contribution in [1.29, 1.82) is 0 Å². The third-order valence-corrected chi connectivity index (χ3v) is 5.03. The summed E-state index contributed by atoms with van der Waals surface area (Å²) in [4.78, 5) is 7.33. The largest absolute Gasteiger partial charge is 0.314 e. The van der Waals surface area contributed by atoms with E-state index in [1.54, 1.807) is 11.3 Å². The van der Waals surface area contributed by atoms with Crippen molar-refractivity contribution in [3.8, 4) is 0 Å². The minimum atomic E-state index is 0. The quantitative estimate of drug-likeness (QED) is 0.867. The zero-order chi connectivity index (χ0) is 14.5. The van der Waals surface area contributed by atoms with Gasteiger partial charge < -0.3 is 5.32 Å². The standard InChI is InChI=1S/C17H23N3S.2ClH/c1-14-11-18-9-10-20(14)12-16-13-21-17(19-16)8-7-15-5-3-2-4-6-15;;/h2-6,13-14,18H,7-12H2,1H3;2*1H/t14-;;/m1../s1. The molecule has 0 bridgehead atoms. The van der Waals surface area contributed by atoms with Crippen LogP contribution in [0.5, 0.6) is 0 Å². The zero-order valence-corrected chi connectivity index (χ0v) is 15.9. The summed E-state index contributed by atoms with van der Waals surface area (Å²) in [7, 11) is 0. The number of nitrogens with zero attached hydrogens (tertiary/aromatic N) is 2. The number of hydrogen-bond acceptors (Lipinski definition) is 4. The maximum Gasteiger partial charge on any atom is 0.0932 e. The molecule has 3 nitrogen and oxygen atoms in total. The molecule has 0 saturated carbocycles. The molecular weight excluding hydrogens is 349 g/mol. The molecule has 0 unspecified atom stereocenters. The molecule has 1 aromatic carbocycles. The van der Waals surface area contributed by atoms with Crippen molar-refractivity contribution < 1.29 is 0 Å². The van der Waals surface area contributed by atoms with Crippen molar-refractivity contribution in [1.82, 2.24) is 15.2 Å². The summed E-state index contributed by atoms with van der Waals surface area (Å²) in [5.41, 5.74) is 2.63. The van der Waals surface area contributed by atoms with Crippen molar-refractivity contribution >= 4 is 36.2 Å². The van der Waals surface area contributed by atoms with Crippen LogP contribution in [0.3, 0.4) is 0 Å². The number of thiazole rings is 1. The maximum absolute atomic E-state index is 4.81. The molecule has 1 atom stereocenters. The molecule has 2 heterocycles. The van der Waals surface area contributed by atoms with Crippen molar-refractivity contribution in [3.63, 3.8) is 0 Å². The van der Waals surface area contributed by atoms with Crippen LogP contribution >= 0.6 is 36.2 Å². The van der Waals surface area contributed by atoms with Crippen LogP contribution in [-0.2, 0) is 19.4 Å². The van der Waals surface area contributed by atoms with Crippen molar-refractivity contribution in [2.75, 3.05) is 19.6 Å². The van der Waals surface area contributed by atoms with Gasteiger partial charge in [0.25, 0.3) is 0 Å².